The van der Waals surface area contributed by atoms with Gasteiger partial charge in [0, 0.05) is 19.1 Å². The highest BCUT2D eigenvalue weighted by molar-refractivity contribution is 6.52. The molecule has 1 aromatic carbocycles. The van der Waals surface area contributed by atoms with Gasteiger partial charge in [0.15, 0.2) is 0 Å². The number of carbonyl (C=O) groups excluding carboxylic acids is 1. The molecule has 2 atom stereocenters. The van der Waals surface area contributed by atoms with Crippen LogP contribution in [0.2, 0.25) is 20.1 Å². The molecule has 4 rings (SSSR count). The van der Waals surface area contributed by atoms with E-state index in [9.17, 15) is 4.79 Å². The van der Waals surface area contributed by atoms with Crippen molar-refractivity contribution in [2.24, 2.45) is 0 Å². The van der Waals surface area contributed by atoms with Crippen molar-refractivity contribution in [2.75, 3.05) is 7.11 Å². The van der Waals surface area contributed by atoms with Crippen molar-refractivity contribution in [3.8, 4) is 0 Å². The first-order chi connectivity index (χ1) is 8.93. The SMILES string of the molecule is COC12C=CC(C(=O)C1)c1c(Cl)c(Cl)c(Cl)c(Cl)c12. The molecule has 1 aromatic rings. The first-order valence-electron chi connectivity index (χ1n) is 5.56. The van der Waals surface area contributed by atoms with E-state index in [-0.39, 0.29) is 27.3 Å². The summed E-state index contributed by atoms with van der Waals surface area (Å²) in [6.45, 7) is 0. The van der Waals surface area contributed by atoms with Crippen LogP contribution in [0.4, 0.5) is 0 Å². The molecule has 0 spiro atoms. The Hall–Kier alpha value is -0.250. The van der Waals surface area contributed by atoms with Gasteiger partial charge >= 0.3 is 0 Å². The van der Waals surface area contributed by atoms with Crippen LogP contribution in [0.15, 0.2) is 12.2 Å². The molecule has 0 aromatic heterocycles. The number of ether oxygens (including phenoxy) is 1. The topological polar surface area (TPSA) is 26.3 Å². The summed E-state index contributed by atoms with van der Waals surface area (Å²) in [5.74, 6) is -0.389. The number of carbonyl (C=O) groups is 1. The van der Waals surface area contributed by atoms with Gasteiger partial charge < -0.3 is 4.74 Å². The lowest BCUT2D eigenvalue weighted by Gasteiger charge is -2.42. The summed E-state index contributed by atoms with van der Waals surface area (Å²) < 4.78 is 5.54. The molecule has 0 amide bonds. The third kappa shape index (κ3) is 1.64. The number of Topliss-reactive ketones (excluding diaryl/α,β-unsaturated/α-hetero) is 1. The van der Waals surface area contributed by atoms with Gasteiger partial charge in [-0.25, -0.2) is 0 Å². The second-order valence-electron chi connectivity index (χ2n) is 4.62. The van der Waals surface area contributed by atoms with Crippen LogP contribution in [-0.4, -0.2) is 12.9 Å². The summed E-state index contributed by atoms with van der Waals surface area (Å²) in [7, 11) is 1.53. The van der Waals surface area contributed by atoms with E-state index in [0.29, 0.717) is 16.1 Å². The van der Waals surface area contributed by atoms with Crippen molar-refractivity contribution in [3.63, 3.8) is 0 Å². The Bertz CT molecular complexity index is 638. The smallest absolute Gasteiger partial charge is 0.147 e. The molecule has 3 aliphatic rings. The molecule has 0 heterocycles. The minimum Gasteiger partial charge on any atom is -0.369 e. The first-order valence-corrected chi connectivity index (χ1v) is 7.07. The maximum absolute atomic E-state index is 12.1. The van der Waals surface area contributed by atoms with Gasteiger partial charge in [-0.15, -0.1) is 0 Å². The Morgan fingerprint density at radius 1 is 1.16 bits per heavy atom. The highest BCUT2D eigenvalue weighted by Crippen LogP contribution is 2.56. The molecule has 100 valence electrons. The average Bonchev–Trinajstić information content (AvgIpc) is 2.42. The lowest BCUT2D eigenvalue weighted by molar-refractivity contribution is -0.127. The number of ketones is 1. The maximum atomic E-state index is 12.1. The normalized spacial score (nSPS) is 27.8. The zero-order chi connectivity index (χ0) is 13.9. The van der Waals surface area contributed by atoms with E-state index in [1.807, 2.05) is 6.08 Å². The summed E-state index contributed by atoms with van der Waals surface area (Å²) >= 11 is 24.7. The Morgan fingerprint density at radius 2 is 1.79 bits per heavy atom. The molecule has 0 radical (unpaired) electrons. The zero-order valence-corrected chi connectivity index (χ0v) is 12.8. The molecular formula is C13H8Cl4O2. The second kappa shape index (κ2) is 4.37. The molecule has 19 heavy (non-hydrogen) atoms. The van der Waals surface area contributed by atoms with Crippen LogP contribution in [0, 0.1) is 0 Å². The van der Waals surface area contributed by atoms with Crippen molar-refractivity contribution < 1.29 is 9.53 Å². The van der Waals surface area contributed by atoms with Gasteiger partial charge in [0.25, 0.3) is 0 Å². The molecule has 0 aliphatic heterocycles. The zero-order valence-electron chi connectivity index (χ0n) is 9.77. The van der Waals surface area contributed by atoms with E-state index in [0.717, 1.165) is 0 Å². The predicted molar refractivity (Wildman–Crippen MR) is 76.7 cm³/mol. The lowest BCUT2D eigenvalue weighted by Crippen LogP contribution is -2.41. The molecule has 0 fully saturated rings. The summed E-state index contributed by atoms with van der Waals surface area (Å²) in [6.07, 6.45) is 3.85. The van der Waals surface area contributed by atoms with Crippen LogP contribution in [0.5, 0.6) is 0 Å². The third-order valence-corrected chi connectivity index (χ3v) is 5.56. The van der Waals surface area contributed by atoms with Gasteiger partial charge in [0.1, 0.15) is 11.4 Å². The van der Waals surface area contributed by atoms with Crippen LogP contribution in [0.1, 0.15) is 23.5 Å². The van der Waals surface area contributed by atoms with Crippen molar-refractivity contribution in [3.05, 3.63) is 43.4 Å². The number of allylic oxidation sites excluding steroid dienone is 1. The number of benzene rings is 1. The molecule has 0 N–H and O–H groups in total. The highest BCUT2D eigenvalue weighted by atomic mass is 35.5. The van der Waals surface area contributed by atoms with E-state index in [2.05, 4.69) is 0 Å². The summed E-state index contributed by atoms with van der Waals surface area (Å²) in [5, 5.41) is 0.939. The number of hydrogen-bond acceptors (Lipinski definition) is 2. The fourth-order valence-electron chi connectivity index (χ4n) is 2.81. The Labute approximate surface area is 130 Å². The average molecular weight is 338 g/mol. The summed E-state index contributed by atoms with van der Waals surface area (Å²) in [5.41, 5.74) is 0.376. The van der Waals surface area contributed by atoms with Gasteiger partial charge in [-0.1, -0.05) is 58.6 Å². The van der Waals surface area contributed by atoms with Crippen LogP contribution in [0.3, 0.4) is 0 Å². The van der Waals surface area contributed by atoms with Crippen molar-refractivity contribution in [1.29, 1.82) is 0 Å². The van der Waals surface area contributed by atoms with Crippen molar-refractivity contribution in [1.82, 2.24) is 0 Å². The summed E-state index contributed by atoms with van der Waals surface area (Å²) in [6, 6.07) is 0. The molecule has 6 heteroatoms. The van der Waals surface area contributed by atoms with Crippen molar-refractivity contribution in [2.45, 2.75) is 17.9 Å². The number of hydrogen-bond donors (Lipinski definition) is 0. The third-order valence-electron chi connectivity index (χ3n) is 3.74. The second-order valence-corrected chi connectivity index (χ2v) is 6.13. The number of rotatable bonds is 1. The molecule has 0 saturated heterocycles. The van der Waals surface area contributed by atoms with Gasteiger partial charge in [0.2, 0.25) is 0 Å². The highest BCUT2D eigenvalue weighted by Gasteiger charge is 2.49. The maximum Gasteiger partial charge on any atom is 0.147 e. The Morgan fingerprint density at radius 3 is 2.37 bits per heavy atom. The number of halogens is 4. The van der Waals surface area contributed by atoms with E-state index < -0.39 is 11.5 Å². The van der Waals surface area contributed by atoms with Crippen LogP contribution in [-0.2, 0) is 15.1 Å². The van der Waals surface area contributed by atoms with E-state index >= 15 is 0 Å². The largest absolute Gasteiger partial charge is 0.369 e. The molecule has 2 unspecified atom stereocenters. The molecule has 2 bridgehead atoms. The summed E-state index contributed by atoms with van der Waals surface area (Å²) in [4.78, 5) is 12.1. The minimum atomic E-state index is -0.893. The van der Waals surface area contributed by atoms with Gasteiger partial charge in [-0.3, -0.25) is 4.79 Å². The molecule has 2 nitrogen and oxygen atoms in total. The van der Waals surface area contributed by atoms with Gasteiger partial charge in [-0.2, -0.15) is 0 Å². The van der Waals surface area contributed by atoms with E-state index in [4.69, 9.17) is 51.1 Å². The lowest BCUT2D eigenvalue weighted by atomic mass is 9.68. The first kappa shape index (κ1) is 13.7. The van der Waals surface area contributed by atoms with Crippen LogP contribution < -0.4 is 0 Å². The molecule has 3 aliphatic carbocycles. The standard InChI is InChI=1S/C13H8Cl4O2/c1-19-13-3-2-5(6(18)4-13)7-8(13)10(15)12(17)11(16)9(7)14/h2-3,5H,4H2,1H3. The van der Waals surface area contributed by atoms with Crippen molar-refractivity contribution >= 4 is 52.2 Å². The van der Waals surface area contributed by atoms with Gasteiger partial charge in [-0.05, 0) is 5.56 Å². The monoisotopic (exact) mass is 336 g/mol. The number of fused-ring (bicyclic) bond motifs is 1. The predicted octanol–water partition coefficient (Wildman–Crippen LogP) is 4.77. The minimum absolute atomic E-state index is 0.0354. The van der Waals surface area contributed by atoms with E-state index in [1.165, 1.54) is 7.11 Å². The molecule has 0 saturated carbocycles. The number of methoxy groups -OCH3 is 1. The van der Waals surface area contributed by atoms with E-state index in [1.54, 1.807) is 6.08 Å². The Balaban J connectivity index is 2.44. The molecular weight excluding hydrogens is 330 g/mol. The van der Waals surface area contributed by atoms with Crippen LogP contribution in [0.25, 0.3) is 0 Å². The Kier molecular flexibility index (Phi) is 3.16. The van der Waals surface area contributed by atoms with Crippen LogP contribution >= 0.6 is 46.4 Å². The quantitative estimate of drug-likeness (QED) is 0.419. The fraction of sp³-hybridized carbons (Fsp3) is 0.308. The van der Waals surface area contributed by atoms with Gasteiger partial charge in [0.05, 0.1) is 26.0 Å². The fourth-order valence-corrected chi connectivity index (χ4v) is 3.96.